The standard InChI is InChI=1S/C10H10F9NO4S/c1-3-24-6(21)5(2)4-20-25(22,23)10(18,19)8(13,14)7(11,12)9(15,16)17/h20H,2-4H2,1H3. The van der Waals surface area contributed by atoms with Crippen molar-refractivity contribution in [2.75, 3.05) is 13.2 Å². The molecule has 0 aliphatic rings. The summed E-state index contributed by atoms with van der Waals surface area (Å²) >= 11 is 0. The lowest BCUT2D eigenvalue weighted by Crippen LogP contribution is -2.65. The number of halogens is 9. The maximum absolute atomic E-state index is 13.3. The van der Waals surface area contributed by atoms with E-state index in [-0.39, 0.29) is 6.61 Å². The van der Waals surface area contributed by atoms with Crippen LogP contribution in [0.15, 0.2) is 12.2 Å². The predicted octanol–water partition coefficient (Wildman–Crippen LogP) is 2.45. The Kier molecular flexibility index (Phi) is 6.59. The zero-order valence-corrected chi connectivity index (χ0v) is 12.9. The first-order valence-electron chi connectivity index (χ1n) is 5.91. The van der Waals surface area contributed by atoms with Crippen molar-refractivity contribution in [3.05, 3.63) is 12.2 Å². The summed E-state index contributed by atoms with van der Waals surface area (Å²) in [6.45, 7) is 2.36. The monoisotopic (exact) mass is 411 g/mol. The summed E-state index contributed by atoms with van der Waals surface area (Å²) in [5, 5.41) is -6.88. The minimum Gasteiger partial charge on any atom is -0.463 e. The van der Waals surface area contributed by atoms with Gasteiger partial charge in [0.2, 0.25) is 0 Å². The molecule has 0 atom stereocenters. The summed E-state index contributed by atoms with van der Waals surface area (Å²) in [7, 11) is -6.79. The highest BCUT2D eigenvalue weighted by atomic mass is 32.2. The molecule has 148 valence electrons. The van der Waals surface area contributed by atoms with Gasteiger partial charge < -0.3 is 4.74 Å². The Morgan fingerprint density at radius 2 is 1.44 bits per heavy atom. The average Bonchev–Trinajstić information content (AvgIpc) is 2.43. The zero-order valence-electron chi connectivity index (χ0n) is 12.1. The van der Waals surface area contributed by atoms with Gasteiger partial charge >= 0.3 is 29.2 Å². The maximum Gasteiger partial charge on any atom is 0.460 e. The molecule has 5 nitrogen and oxygen atoms in total. The van der Waals surface area contributed by atoms with E-state index in [4.69, 9.17) is 0 Å². The Balaban J connectivity index is 5.62. The molecule has 15 heteroatoms. The zero-order chi connectivity index (χ0) is 20.5. The molecule has 0 radical (unpaired) electrons. The number of nitrogens with one attached hydrogen (secondary N) is 1. The van der Waals surface area contributed by atoms with Crippen LogP contribution in [-0.2, 0) is 19.6 Å². The highest BCUT2D eigenvalue weighted by molar-refractivity contribution is 7.90. The minimum atomic E-state index is -7.36. The molecular formula is C10H10F9NO4S. The van der Waals surface area contributed by atoms with Crippen LogP contribution in [0.25, 0.3) is 0 Å². The van der Waals surface area contributed by atoms with Crippen molar-refractivity contribution < 1.29 is 57.5 Å². The molecule has 0 saturated carbocycles. The molecule has 0 heterocycles. The lowest BCUT2D eigenvalue weighted by Gasteiger charge is -2.33. The minimum absolute atomic E-state index is 0.267. The van der Waals surface area contributed by atoms with Crippen LogP contribution in [0.1, 0.15) is 6.92 Å². The van der Waals surface area contributed by atoms with E-state index in [0.717, 1.165) is 0 Å². The van der Waals surface area contributed by atoms with Gasteiger partial charge in [0.05, 0.1) is 6.61 Å². The first-order chi connectivity index (χ1) is 10.9. The molecule has 0 spiro atoms. The number of carbonyl (C=O) groups is 1. The topological polar surface area (TPSA) is 72.5 Å². The number of carbonyl (C=O) groups excluding carboxylic acids is 1. The summed E-state index contributed by atoms with van der Waals surface area (Å²) in [4.78, 5) is 11.0. The summed E-state index contributed by atoms with van der Waals surface area (Å²) in [5.74, 6) is -16.1. The molecule has 0 aromatic carbocycles. The number of rotatable bonds is 8. The number of alkyl halides is 9. The Hall–Kier alpha value is -1.51. The van der Waals surface area contributed by atoms with Crippen molar-refractivity contribution in [1.29, 1.82) is 0 Å². The highest BCUT2D eigenvalue weighted by Crippen LogP contribution is 2.54. The molecule has 0 aromatic heterocycles. The third-order valence-electron chi connectivity index (χ3n) is 2.49. The molecule has 0 amide bonds. The van der Waals surface area contributed by atoms with Crippen molar-refractivity contribution in [1.82, 2.24) is 4.72 Å². The van der Waals surface area contributed by atoms with E-state index in [1.54, 1.807) is 0 Å². The molecule has 0 unspecified atom stereocenters. The third-order valence-corrected chi connectivity index (χ3v) is 3.95. The van der Waals surface area contributed by atoms with Crippen molar-refractivity contribution in [3.8, 4) is 0 Å². The van der Waals surface area contributed by atoms with E-state index in [9.17, 15) is 52.7 Å². The fourth-order valence-electron chi connectivity index (χ4n) is 1.11. The molecule has 0 bridgehead atoms. The van der Waals surface area contributed by atoms with E-state index in [1.165, 1.54) is 6.92 Å². The van der Waals surface area contributed by atoms with Gasteiger partial charge in [-0.3, -0.25) is 0 Å². The maximum atomic E-state index is 13.3. The SMILES string of the molecule is C=C(CNS(=O)(=O)C(F)(F)C(F)(F)C(F)(F)C(F)(F)F)C(=O)OCC. The van der Waals surface area contributed by atoms with Gasteiger partial charge in [0.1, 0.15) is 0 Å². The van der Waals surface area contributed by atoms with Crippen molar-refractivity contribution in [2.45, 2.75) is 30.2 Å². The summed E-state index contributed by atoms with van der Waals surface area (Å²) < 4.78 is 141. The number of hydrogen-bond donors (Lipinski definition) is 1. The molecule has 0 aliphatic carbocycles. The number of ether oxygens (including phenoxy) is 1. The lowest BCUT2D eigenvalue weighted by atomic mass is 10.1. The fourth-order valence-corrected chi connectivity index (χ4v) is 2.12. The molecule has 0 aliphatic heterocycles. The van der Waals surface area contributed by atoms with E-state index < -0.39 is 51.4 Å². The second-order valence-electron chi connectivity index (χ2n) is 4.31. The fraction of sp³-hybridized carbons (Fsp3) is 0.700. The predicted molar refractivity (Wildman–Crippen MR) is 63.6 cm³/mol. The van der Waals surface area contributed by atoms with Crippen LogP contribution in [-0.4, -0.2) is 50.8 Å². The van der Waals surface area contributed by atoms with Crippen LogP contribution in [0.4, 0.5) is 39.5 Å². The third kappa shape index (κ3) is 4.19. The van der Waals surface area contributed by atoms with Gasteiger partial charge in [-0.15, -0.1) is 0 Å². The molecule has 0 aromatic rings. The van der Waals surface area contributed by atoms with Crippen LogP contribution in [0.2, 0.25) is 0 Å². The van der Waals surface area contributed by atoms with Gasteiger partial charge in [-0.1, -0.05) is 6.58 Å². The molecule has 0 saturated heterocycles. The summed E-state index contributed by atoms with van der Waals surface area (Å²) in [5.41, 5.74) is -0.896. The second-order valence-corrected chi connectivity index (χ2v) is 6.12. The van der Waals surface area contributed by atoms with Gasteiger partial charge in [0.25, 0.3) is 10.0 Å². The van der Waals surface area contributed by atoms with E-state index in [2.05, 4.69) is 11.3 Å². The van der Waals surface area contributed by atoms with E-state index in [1.807, 2.05) is 0 Å². The first-order valence-corrected chi connectivity index (χ1v) is 7.39. The molecule has 0 rings (SSSR count). The number of esters is 1. The van der Waals surface area contributed by atoms with Crippen molar-refractivity contribution >= 4 is 16.0 Å². The van der Waals surface area contributed by atoms with Crippen LogP contribution in [0, 0.1) is 0 Å². The molecule has 1 N–H and O–H groups in total. The van der Waals surface area contributed by atoms with Crippen molar-refractivity contribution in [3.63, 3.8) is 0 Å². The average molecular weight is 411 g/mol. The normalized spacial score (nSPS) is 14.3. The van der Waals surface area contributed by atoms with Crippen LogP contribution < -0.4 is 4.72 Å². The molecular weight excluding hydrogens is 401 g/mol. The van der Waals surface area contributed by atoms with Gasteiger partial charge in [0, 0.05) is 12.1 Å². The Morgan fingerprint density at radius 1 is 1.00 bits per heavy atom. The van der Waals surface area contributed by atoms with E-state index >= 15 is 0 Å². The first kappa shape index (κ1) is 23.5. The van der Waals surface area contributed by atoms with Gasteiger partial charge in [0.15, 0.2) is 0 Å². The molecule has 0 fully saturated rings. The smallest absolute Gasteiger partial charge is 0.460 e. The van der Waals surface area contributed by atoms with Gasteiger partial charge in [-0.25, -0.2) is 17.9 Å². The summed E-state index contributed by atoms with van der Waals surface area (Å²) in [6, 6.07) is 0. The van der Waals surface area contributed by atoms with Crippen molar-refractivity contribution in [2.24, 2.45) is 0 Å². The van der Waals surface area contributed by atoms with Gasteiger partial charge in [-0.2, -0.15) is 39.5 Å². The van der Waals surface area contributed by atoms with Crippen LogP contribution >= 0.6 is 0 Å². The summed E-state index contributed by atoms with van der Waals surface area (Å²) in [6.07, 6.45) is -7.16. The Bertz CT molecular complexity index is 627. The Labute approximate surface area is 134 Å². The van der Waals surface area contributed by atoms with E-state index in [0.29, 0.717) is 4.72 Å². The quantitative estimate of drug-likeness (QED) is 0.379. The second kappa shape index (κ2) is 7.01. The van der Waals surface area contributed by atoms with Crippen LogP contribution in [0.3, 0.4) is 0 Å². The van der Waals surface area contributed by atoms with Crippen LogP contribution in [0.5, 0.6) is 0 Å². The molecule has 25 heavy (non-hydrogen) atoms. The number of sulfonamides is 1. The number of hydrogen-bond acceptors (Lipinski definition) is 4. The van der Waals surface area contributed by atoms with Gasteiger partial charge in [-0.05, 0) is 6.92 Å². The Morgan fingerprint density at radius 3 is 1.80 bits per heavy atom. The highest BCUT2D eigenvalue weighted by Gasteiger charge is 2.85. The largest absolute Gasteiger partial charge is 0.463 e. The lowest BCUT2D eigenvalue weighted by molar-refractivity contribution is -0.382.